The average Bonchev–Trinajstić information content (AvgIpc) is 2.62. The van der Waals surface area contributed by atoms with Crippen LogP contribution in [0.4, 0.5) is 0 Å². The summed E-state index contributed by atoms with van der Waals surface area (Å²) in [5, 5.41) is 0. The standard InChI is InChI=1S/C22H47N2O6P/c1-11-22(8,21(6,7)17-18(23)20(3,4)5)19(25)28-15-16-30-31(26,27)29-14-13-24(9,10)12-2/h18H,11-17,23H2,1-10H3/p+1. The second-order valence-corrected chi connectivity index (χ2v) is 12.4. The molecule has 0 aliphatic rings. The van der Waals surface area contributed by atoms with E-state index in [1.54, 1.807) is 0 Å². The summed E-state index contributed by atoms with van der Waals surface area (Å²) in [7, 11) is -0.171. The Bertz CT molecular complexity index is 618. The van der Waals surface area contributed by atoms with E-state index in [2.05, 4.69) is 20.8 Å². The van der Waals surface area contributed by atoms with Gasteiger partial charge < -0.3 is 19.8 Å². The maximum Gasteiger partial charge on any atom is 0.472 e. The van der Waals surface area contributed by atoms with Crippen molar-refractivity contribution in [2.24, 2.45) is 22.0 Å². The molecule has 0 heterocycles. The molecule has 3 N–H and O–H groups in total. The van der Waals surface area contributed by atoms with Crippen molar-refractivity contribution < 1.29 is 32.5 Å². The summed E-state index contributed by atoms with van der Waals surface area (Å²) in [4.78, 5) is 22.7. The Kier molecular flexibility index (Phi) is 11.4. The predicted molar refractivity (Wildman–Crippen MR) is 124 cm³/mol. The normalized spacial score (nSPS) is 18.2. The lowest BCUT2D eigenvalue weighted by Crippen LogP contribution is -2.48. The molecule has 31 heavy (non-hydrogen) atoms. The molecule has 186 valence electrons. The first kappa shape index (κ1) is 30.5. The van der Waals surface area contributed by atoms with Gasteiger partial charge in [0.15, 0.2) is 0 Å². The van der Waals surface area contributed by atoms with E-state index >= 15 is 0 Å². The Balaban J connectivity index is 4.75. The lowest BCUT2D eigenvalue weighted by Gasteiger charge is -2.45. The van der Waals surface area contributed by atoms with E-state index in [0.717, 1.165) is 6.54 Å². The summed E-state index contributed by atoms with van der Waals surface area (Å²) in [6.45, 7) is 17.4. The van der Waals surface area contributed by atoms with Crippen LogP contribution >= 0.6 is 7.82 Å². The van der Waals surface area contributed by atoms with Crippen LogP contribution in [0.25, 0.3) is 0 Å². The monoisotopic (exact) mass is 467 g/mol. The van der Waals surface area contributed by atoms with E-state index in [1.807, 2.05) is 48.7 Å². The molecule has 0 fully saturated rings. The summed E-state index contributed by atoms with van der Waals surface area (Å²) in [5.41, 5.74) is 5.17. The number of ether oxygens (including phenoxy) is 1. The summed E-state index contributed by atoms with van der Waals surface area (Å²) in [6.07, 6.45) is 1.25. The van der Waals surface area contributed by atoms with Crippen molar-refractivity contribution in [3.05, 3.63) is 0 Å². The highest BCUT2D eigenvalue weighted by Crippen LogP contribution is 2.47. The molecule has 0 rings (SSSR count). The number of nitrogens with zero attached hydrogens (tertiary/aromatic N) is 1. The second kappa shape index (κ2) is 11.6. The fraction of sp³-hybridized carbons (Fsp3) is 0.955. The first-order valence-electron chi connectivity index (χ1n) is 11.2. The molecule has 8 nitrogen and oxygen atoms in total. The number of hydrogen-bond acceptors (Lipinski definition) is 6. The molecule has 0 aromatic heterocycles. The quantitative estimate of drug-likeness (QED) is 0.172. The van der Waals surface area contributed by atoms with Crippen molar-refractivity contribution in [2.75, 3.05) is 47.0 Å². The maximum absolute atomic E-state index is 12.9. The summed E-state index contributed by atoms with van der Waals surface area (Å²) >= 11 is 0. The summed E-state index contributed by atoms with van der Waals surface area (Å²) in [6, 6.07) is -0.0711. The van der Waals surface area contributed by atoms with Crippen molar-refractivity contribution in [1.82, 2.24) is 0 Å². The van der Waals surface area contributed by atoms with Crippen molar-refractivity contribution in [3.8, 4) is 0 Å². The van der Waals surface area contributed by atoms with Gasteiger partial charge in [-0.15, -0.1) is 0 Å². The Labute approximate surface area is 190 Å². The number of carbonyl (C=O) groups is 1. The zero-order chi connectivity index (χ0) is 24.7. The van der Waals surface area contributed by atoms with Gasteiger partial charge in [-0.25, -0.2) is 4.57 Å². The zero-order valence-corrected chi connectivity index (χ0v) is 22.4. The van der Waals surface area contributed by atoms with Gasteiger partial charge in [-0.1, -0.05) is 41.5 Å². The first-order valence-corrected chi connectivity index (χ1v) is 12.7. The van der Waals surface area contributed by atoms with Gasteiger partial charge in [0.25, 0.3) is 0 Å². The van der Waals surface area contributed by atoms with Gasteiger partial charge in [0, 0.05) is 6.04 Å². The number of rotatable bonds is 14. The van der Waals surface area contributed by atoms with Crippen LogP contribution in [0.1, 0.15) is 68.2 Å². The van der Waals surface area contributed by atoms with Crippen molar-refractivity contribution in [3.63, 3.8) is 0 Å². The van der Waals surface area contributed by atoms with Crippen LogP contribution in [0.3, 0.4) is 0 Å². The molecular formula is C22H48N2O6P+. The third kappa shape index (κ3) is 9.89. The van der Waals surface area contributed by atoms with E-state index in [9.17, 15) is 14.3 Å². The van der Waals surface area contributed by atoms with Crippen LogP contribution in [0.5, 0.6) is 0 Å². The first-order chi connectivity index (χ1) is 13.8. The Morgan fingerprint density at radius 3 is 2.00 bits per heavy atom. The number of likely N-dealkylation sites (N-methyl/N-ethyl adjacent to an activating group) is 1. The van der Waals surface area contributed by atoms with E-state index in [0.29, 0.717) is 23.9 Å². The minimum absolute atomic E-state index is 0.0711. The van der Waals surface area contributed by atoms with Gasteiger partial charge in [-0.3, -0.25) is 13.8 Å². The van der Waals surface area contributed by atoms with E-state index in [4.69, 9.17) is 19.5 Å². The fourth-order valence-corrected chi connectivity index (χ4v) is 3.72. The molecule has 0 spiro atoms. The Morgan fingerprint density at radius 1 is 1.03 bits per heavy atom. The molecule has 0 aromatic rings. The van der Waals surface area contributed by atoms with Crippen LogP contribution in [0.15, 0.2) is 0 Å². The highest BCUT2D eigenvalue weighted by Gasteiger charge is 2.48. The number of phosphoric acid groups is 1. The molecule has 0 radical (unpaired) electrons. The molecule has 0 amide bonds. The number of phosphoric ester groups is 1. The van der Waals surface area contributed by atoms with Crippen molar-refractivity contribution in [1.29, 1.82) is 0 Å². The van der Waals surface area contributed by atoms with Gasteiger partial charge in [0.2, 0.25) is 0 Å². The predicted octanol–water partition coefficient (Wildman–Crippen LogP) is 3.97. The number of hydrogen-bond donors (Lipinski definition) is 2. The summed E-state index contributed by atoms with van der Waals surface area (Å²) < 4.78 is 28.1. The topological polar surface area (TPSA) is 108 Å². The molecule has 9 heteroatoms. The highest BCUT2D eigenvalue weighted by molar-refractivity contribution is 7.47. The van der Waals surface area contributed by atoms with Crippen LogP contribution in [0, 0.1) is 16.2 Å². The van der Waals surface area contributed by atoms with Crippen LogP contribution in [-0.4, -0.2) is 68.4 Å². The van der Waals surface area contributed by atoms with Crippen molar-refractivity contribution >= 4 is 13.8 Å². The fourth-order valence-electron chi connectivity index (χ4n) is 3.03. The van der Waals surface area contributed by atoms with Crippen LogP contribution in [-0.2, 0) is 23.1 Å². The highest BCUT2D eigenvalue weighted by atomic mass is 31.2. The minimum atomic E-state index is -4.18. The maximum atomic E-state index is 12.9. The third-order valence-corrected chi connectivity index (χ3v) is 7.89. The smallest absolute Gasteiger partial charge is 0.463 e. The second-order valence-electron chi connectivity index (χ2n) is 11.0. The van der Waals surface area contributed by atoms with Gasteiger partial charge in [-0.2, -0.15) is 0 Å². The minimum Gasteiger partial charge on any atom is -0.463 e. The van der Waals surface area contributed by atoms with Crippen molar-refractivity contribution in [2.45, 2.75) is 74.3 Å². The van der Waals surface area contributed by atoms with Crippen LogP contribution in [0.2, 0.25) is 0 Å². The number of quaternary nitrogens is 1. The number of nitrogens with two attached hydrogens (primary N) is 1. The molecule has 3 atom stereocenters. The van der Waals surface area contributed by atoms with Gasteiger partial charge in [0.1, 0.15) is 19.8 Å². The largest absolute Gasteiger partial charge is 0.472 e. The lowest BCUT2D eigenvalue weighted by molar-refractivity contribution is -0.888. The molecule has 0 saturated heterocycles. The van der Waals surface area contributed by atoms with Gasteiger partial charge >= 0.3 is 13.8 Å². The van der Waals surface area contributed by atoms with E-state index in [1.165, 1.54) is 0 Å². The average molecular weight is 468 g/mol. The Morgan fingerprint density at radius 2 is 1.55 bits per heavy atom. The van der Waals surface area contributed by atoms with Gasteiger partial charge in [0.05, 0.1) is 32.7 Å². The van der Waals surface area contributed by atoms with E-state index in [-0.39, 0.29) is 37.2 Å². The molecule has 3 unspecified atom stereocenters. The molecule has 0 aliphatic carbocycles. The lowest BCUT2D eigenvalue weighted by atomic mass is 9.60. The molecule has 0 aliphatic heterocycles. The summed E-state index contributed by atoms with van der Waals surface area (Å²) in [5.74, 6) is -0.361. The zero-order valence-electron chi connectivity index (χ0n) is 21.5. The molecular weight excluding hydrogens is 419 g/mol. The number of carbonyl (C=O) groups excluding carboxylic acids is 1. The molecule has 0 saturated carbocycles. The SMILES string of the molecule is CCC(C)(C(=O)OCCOP(=O)(O)OCC[N+](C)(C)CC)C(C)(C)CC(N)C(C)(C)C. The Hall–Kier alpha value is -0.500. The molecule has 0 aromatic carbocycles. The van der Waals surface area contributed by atoms with E-state index < -0.39 is 18.7 Å². The third-order valence-electron chi connectivity index (χ3n) is 6.87. The van der Waals surface area contributed by atoms with Gasteiger partial charge in [-0.05, 0) is 37.5 Å². The number of esters is 1. The molecule has 0 bridgehead atoms. The van der Waals surface area contributed by atoms with Crippen LogP contribution < -0.4 is 5.73 Å².